The smallest absolute Gasteiger partial charge is 0.220 e. The molecule has 1 aliphatic heterocycles. The van der Waals surface area contributed by atoms with Gasteiger partial charge in [-0.05, 0) is 75.4 Å². The average molecular weight is 434 g/mol. The fourth-order valence-corrected chi connectivity index (χ4v) is 6.26. The summed E-state index contributed by atoms with van der Waals surface area (Å²) in [6.07, 6.45) is 6.77. The lowest BCUT2D eigenvalue weighted by atomic mass is 9.79. The third-order valence-electron chi connectivity index (χ3n) is 7.88. The molecule has 0 aromatic heterocycles. The Morgan fingerprint density at radius 2 is 1.69 bits per heavy atom. The Morgan fingerprint density at radius 1 is 1.00 bits per heavy atom. The molecule has 0 bridgehead atoms. The van der Waals surface area contributed by atoms with Crippen LogP contribution in [0.5, 0.6) is 0 Å². The molecular weight excluding hydrogens is 394 g/mol. The molecule has 4 atom stereocenters. The van der Waals surface area contributed by atoms with Gasteiger partial charge in [-0.2, -0.15) is 0 Å². The number of piperidine rings is 1. The van der Waals surface area contributed by atoms with Crippen molar-refractivity contribution in [3.05, 3.63) is 70.8 Å². The first-order valence-corrected chi connectivity index (χ1v) is 12.3. The number of likely N-dealkylation sites (tertiary alicyclic amines) is 1. The van der Waals surface area contributed by atoms with Gasteiger partial charge in [-0.3, -0.25) is 14.6 Å². The zero-order valence-electron chi connectivity index (χ0n) is 20.0. The lowest BCUT2D eigenvalue weighted by Crippen LogP contribution is -2.55. The topological polar surface area (TPSA) is 49.6 Å². The van der Waals surface area contributed by atoms with Crippen molar-refractivity contribution >= 4 is 5.91 Å². The van der Waals surface area contributed by atoms with Crippen LogP contribution >= 0.6 is 0 Å². The number of aryl methyl sites for hydroxylation is 2. The number of benzene rings is 2. The number of nitrogens with two attached hydrogens (primary N) is 1. The van der Waals surface area contributed by atoms with Gasteiger partial charge in [0.1, 0.15) is 0 Å². The van der Waals surface area contributed by atoms with Gasteiger partial charge in [0.2, 0.25) is 5.91 Å². The number of likely N-dealkylation sites (N-methyl/N-ethyl adjacent to an activating group) is 1. The monoisotopic (exact) mass is 433 g/mol. The number of nitrogens with zero attached hydrogens (tertiary/aromatic N) is 2. The van der Waals surface area contributed by atoms with Crippen LogP contribution in [0.4, 0.5) is 0 Å². The summed E-state index contributed by atoms with van der Waals surface area (Å²) in [6, 6.07) is 18.7. The first-order chi connectivity index (χ1) is 15.5. The van der Waals surface area contributed by atoms with Crippen LogP contribution in [0.25, 0.3) is 0 Å². The highest BCUT2D eigenvalue weighted by Gasteiger charge is 2.41. The predicted octanol–water partition coefficient (Wildman–Crippen LogP) is 4.99. The second kappa shape index (κ2) is 10.2. The van der Waals surface area contributed by atoms with Gasteiger partial charge in [-0.1, -0.05) is 61.4 Å². The highest BCUT2D eigenvalue weighted by Crippen LogP contribution is 2.42. The van der Waals surface area contributed by atoms with Gasteiger partial charge in [-0.25, -0.2) is 0 Å². The Bertz CT molecular complexity index is 892. The second-order valence-corrected chi connectivity index (χ2v) is 10.0. The Labute approximate surface area is 193 Å². The molecular formula is C28H39N3O. The maximum Gasteiger partial charge on any atom is 0.220 e. The van der Waals surface area contributed by atoms with E-state index >= 15 is 0 Å². The number of carbonyl (C=O) groups is 1. The van der Waals surface area contributed by atoms with Crippen molar-refractivity contribution in [2.75, 3.05) is 13.6 Å². The van der Waals surface area contributed by atoms with E-state index in [1.165, 1.54) is 47.9 Å². The van der Waals surface area contributed by atoms with Crippen LogP contribution in [0, 0.1) is 19.8 Å². The summed E-state index contributed by atoms with van der Waals surface area (Å²) in [5.74, 6) is -0.165. The van der Waals surface area contributed by atoms with E-state index in [-0.39, 0.29) is 17.9 Å². The Balaban J connectivity index is 1.63. The standard InChI is InChI=1S/C28H39N3O/c1-20-10-9-11-21(2)27(20)26-18-23(28(29)32)16-17-31(26)25-15-8-7-14-24(25)30(3)19-22-12-5-4-6-13-22/h4-6,9-13,23-26H,7-8,14-19H2,1-3H3,(H2,29,32). The molecule has 1 saturated heterocycles. The van der Waals surface area contributed by atoms with Gasteiger partial charge in [0.25, 0.3) is 0 Å². The normalized spacial score (nSPS) is 26.9. The van der Waals surface area contributed by atoms with Gasteiger partial charge >= 0.3 is 0 Å². The molecule has 4 unspecified atom stereocenters. The van der Waals surface area contributed by atoms with Crippen LogP contribution in [0.3, 0.4) is 0 Å². The van der Waals surface area contributed by atoms with Gasteiger partial charge < -0.3 is 5.73 Å². The molecule has 0 spiro atoms. The summed E-state index contributed by atoms with van der Waals surface area (Å²) >= 11 is 0. The molecule has 0 radical (unpaired) electrons. The number of amides is 1. The number of primary amides is 1. The third-order valence-corrected chi connectivity index (χ3v) is 7.88. The largest absolute Gasteiger partial charge is 0.369 e. The predicted molar refractivity (Wildman–Crippen MR) is 131 cm³/mol. The van der Waals surface area contributed by atoms with Gasteiger partial charge in [0.15, 0.2) is 0 Å². The van der Waals surface area contributed by atoms with Gasteiger partial charge in [-0.15, -0.1) is 0 Å². The quantitative estimate of drug-likeness (QED) is 0.699. The Kier molecular flexibility index (Phi) is 7.32. The summed E-state index contributed by atoms with van der Waals surface area (Å²) in [7, 11) is 2.29. The van der Waals surface area contributed by atoms with Crippen LogP contribution in [0.1, 0.15) is 66.8 Å². The van der Waals surface area contributed by atoms with Crippen molar-refractivity contribution in [3.8, 4) is 0 Å². The maximum atomic E-state index is 12.2. The minimum atomic E-state index is -0.137. The van der Waals surface area contributed by atoms with Gasteiger partial charge in [0, 0.05) is 30.6 Å². The summed E-state index contributed by atoms with van der Waals surface area (Å²) in [4.78, 5) is 17.5. The lowest BCUT2D eigenvalue weighted by molar-refractivity contribution is -0.124. The molecule has 1 amide bonds. The molecule has 32 heavy (non-hydrogen) atoms. The van der Waals surface area contributed by atoms with Crippen molar-refractivity contribution in [3.63, 3.8) is 0 Å². The fraction of sp³-hybridized carbons (Fsp3) is 0.536. The molecule has 4 nitrogen and oxygen atoms in total. The highest BCUT2D eigenvalue weighted by molar-refractivity contribution is 5.76. The van der Waals surface area contributed by atoms with Crippen molar-refractivity contribution in [2.45, 2.75) is 77.0 Å². The van der Waals surface area contributed by atoms with Crippen LogP contribution in [-0.4, -0.2) is 41.4 Å². The molecule has 2 N–H and O–H groups in total. The van der Waals surface area contributed by atoms with E-state index in [0.717, 1.165) is 25.9 Å². The highest BCUT2D eigenvalue weighted by atomic mass is 16.1. The SMILES string of the molecule is Cc1cccc(C)c1C1CC(C(N)=O)CCN1C1CCCCC1N(C)Cc1ccccc1. The molecule has 2 aromatic rings. The van der Waals surface area contributed by atoms with E-state index < -0.39 is 0 Å². The van der Waals surface area contributed by atoms with Crippen molar-refractivity contribution < 1.29 is 4.79 Å². The number of carbonyl (C=O) groups excluding carboxylic acids is 1. The molecule has 4 rings (SSSR count). The molecule has 4 heteroatoms. The summed E-state index contributed by atoms with van der Waals surface area (Å²) in [6.45, 7) is 6.36. The van der Waals surface area contributed by atoms with E-state index in [1.54, 1.807) is 0 Å². The van der Waals surface area contributed by atoms with Gasteiger partial charge in [0.05, 0.1) is 0 Å². The first-order valence-electron chi connectivity index (χ1n) is 12.3. The van der Waals surface area contributed by atoms with E-state index in [2.05, 4.69) is 79.2 Å². The average Bonchev–Trinajstić information content (AvgIpc) is 2.79. The van der Waals surface area contributed by atoms with Crippen LogP contribution in [0.15, 0.2) is 48.5 Å². The third kappa shape index (κ3) is 4.92. The van der Waals surface area contributed by atoms with Crippen LogP contribution in [0.2, 0.25) is 0 Å². The Hall–Kier alpha value is -2.17. The number of hydrogen-bond donors (Lipinski definition) is 1. The summed E-state index contributed by atoms with van der Waals surface area (Å²) < 4.78 is 0. The van der Waals surface area contributed by atoms with Crippen LogP contribution < -0.4 is 5.73 Å². The van der Waals surface area contributed by atoms with Crippen molar-refractivity contribution in [1.29, 1.82) is 0 Å². The number of hydrogen-bond acceptors (Lipinski definition) is 3. The maximum absolute atomic E-state index is 12.2. The van der Waals surface area contributed by atoms with E-state index in [4.69, 9.17) is 5.73 Å². The Morgan fingerprint density at radius 3 is 2.38 bits per heavy atom. The molecule has 1 heterocycles. The lowest BCUT2D eigenvalue weighted by Gasteiger charge is -2.50. The van der Waals surface area contributed by atoms with E-state index in [0.29, 0.717) is 12.1 Å². The molecule has 1 saturated carbocycles. The zero-order valence-corrected chi connectivity index (χ0v) is 20.0. The zero-order chi connectivity index (χ0) is 22.7. The minimum absolute atomic E-state index is 0.0284. The minimum Gasteiger partial charge on any atom is -0.369 e. The van der Waals surface area contributed by atoms with E-state index in [1.807, 2.05) is 0 Å². The van der Waals surface area contributed by atoms with E-state index in [9.17, 15) is 4.79 Å². The summed E-state index contributed by atoms with van der Waals surface area (Å²) in [5.41, 5.74) is 11.2. The van der Waals surface area contributed by atoms with Crippen LogP contribution in [-0.2, 0) is 11.3 Å². The second-order valence-electron chi connectivity index (χ2n) is 10.0. The molecule has 2 aliphatic rings. The fourth-order valence-electron chi connectivity index (χ4n) is 6.26. The molecule has 2 aromatic carbocycles. The van der Waals surface area contributed by atoms with Crippen molar-refractivity contribution in [1.82, 2.24) is 9.80 Å². The number of rotatable bonds is 6. The summed E-state index contributed by atoms with van der Waals surface area (Å²) in [5, 5.41) is 0. The molecule has 1 aliphatic carbocycles. The molecule has 2 fully saturated rings. The van der Waals surface area contributed by atoms with Crippen molar-refractivity contribution in [2.24, 2.45) is 11.7 Å². The molecule has 172 valence electrons. The first kappa shape index (κ1) is 23.0.